The summed E-state index contributed by atoms with van der Waals surface area (Å²) in [6.45, 7) is 0.260. The first-order chi connectivity index (χ1) is 9.13. The summed E-state index contributed by atoms with van der Waals surface area (Å²) < 4.78 is 18.1. The summed E-state index contributed by atoms with van der Waals surface area (Å²) in [5, 5.41) is 3.55. The van der Waals surface area contributed by atoms with Crippen molar-refractivity contribution in [1.29, 1.82) is 0 Å². The Morgan fingerprint density at radius 1 is 1.63 bits per heavy atom. The van der Waals surface area contributed by atoms with E-state index >= 15 is 0 Å². The number of hydrogen-bond acceptors (Lipinski definition) is 6. The van der Waals surface area contributed by atoms with Gasteiger partial charge in [0.1, 0.15) is 10.7 Å². The fourth-order valence-corrected chi connectivity index (χ4v) is 2.37. The number of nitrogens with zero attached hydrogens (tertiary/aromatic N) is 2. The maximum atomic E-state index is 13.1. The second-order valence-electron chi connectivity index (χ2n) is 3.47. The van der Waals surface area contributed by atoms with E-state index in [0.29, 0.717) is 27.7 Å². The highest BCUT2D eigenvalue weighted by Crippen LogP contribution is 2.26. The van der Waals surface area contributed by atoms with Crippen LogP contribution in [0.2, 0.25) is 5.15 Å². The molecule has 0 fully saturated rings. The average molecular weight is 302 g/mol. The van der Waals surface area contributed by atoms with Crippen LogP contribution in [0.5, 0.6) is 5.88 Å². The molecule has 0 aromatic carbocycles. The van der Waals surface area contributed by atoms with Gasteiger partial charge in [0.2, 0.25) is 5.88 Å². The zero-order valence-electron chi connectivity index (χ0n) is 9.81. The van der Waals surface area contributed by atoms with E-state index in [1.165, 1.54) is 13.2 Å². The zero-order chi connectivity index (χ0) is 13.8. The third-order valence-corrected chi connectivity index (χ3v) is 3.57. The minimum absolute atomic E-state index is 0.145. The van der Waals surface area contributed by atoms with Crippen LogP contribution in [0.15, 0.2) is 12.3 Å². The molecule has 0 aliphatic heterocycles. The van der Waals surface area contributed by atoms with Crippen molar-refractivity contribution in [3.63, 3.8) is 0 Å². The van der Waals surface area contributed by atoms with Gasteiger partial charge in [-0.05, 0) is 6.07 Å². The quantitative estimate of drug-likeness (QED) is 0.860. The van der Waals surface area contributed by atoms with Gasteiger partial charge in [0.25, 0.3) is 0 Å². The van der Waals surface area contributed by atoms with Gasteiger partial charge in [-0.1, -0.05) is 22.9 Å². The molecule has 100 valence electrons. The Hall–Kier alpha value is -1.73. The first kappa shape index (κ1) is 13.7. The van der Waals surface area contributed by atoms with Crippen LogP contribution in [-0.2, 0) is 6.54 Å². The van der Waals surface area contributed by atoms with E-state index in [9.17, 15) is 9.18 Å². The zero-order valence-corrected chi connectivity index (χ0v) is 11.4. The summed E-state index contributed by atoms with van der Waals surface area (Å²) in [5.41, 5.74) is 0.543. The highest BCUT2D eigenvalue weighted by molar-refractivity contribution is 7.17. The van der Waals surface area contributed by atoms with Crippen molar-refractivity contribution in [2.24, 2.45) is 0 Å². The summed E-state index contributed by atoms with van der Waals surface area (Å²) in [6, 6.07) is 1.31. The van der Waals surface area contributed by atoms with Crippen molar-refractivity contribution in [3.05, 3.63) is 33.7 Å². The Bertz CT molecular complexity index is 606. The van der Waals surface area contributed by atoms with Crippen LogP contribution in [0, 0.1) is 5.82 Å². The molecule has 0 saturated heterocycles. The fraction of sp³-hybridized carbons (Fsp3) is 0.182. The molecule has 19 heavy (non-hydrogen) atoms. The van der Waals surface area contributed by atoms with Crippen LogP contribution in [0.25, 0.3) is 0 Å². The highest BCUT2D eigenvalue weighted by atomic mass is 35.5. The largest absolute Gasteiger partial charge is 0.481 e. The molecule has 0 bridgehead atoms. The van der Waals surface area contributed by atoms with Gasteiger partial charge < -0.3 is 10.1 Å². The van der Waals surface area contributed by atoms with E-state index < -0.39 is 5.82 Å². The minimum Gasteiger partial charge on any atom is -0.481 e. The van der Waals surface area contributed by atoms with E-state index in [1.54, 1.807) is 0 Å². The number of methoxy groups -OCH3 is 1. The number of rotatable bonds is 5. The lowest BCUT2D eigenvalue weighted by Crippen LogP contribution is -2.03. The van der Waals surface area contributed by atoms with E-state index in [2.05, 4.69) is 15.3 Å². The molecular formula is C11H9ClFN3O2S. The van der Waals surface area contributed by atoms with Gasteiger partial charge in [0.15, 0.2) is 16.6 Å². The van der Waals surface area contributed by atoms with Gasteiger partial charge in [0, 0.05) is 12.1 Å². The number of carbonyl (C=O) groups is 1. The number of hydrogen-bond donors (Lipinski definition) is 1. The SMILES string of the molecule is COc1ncc(F)cc1CNc1nc(Cl)c(C=O)s1. The van der Waals surface area contributed by atoms with Crippen molar-refractivity contribution >= 4 is 34.4 Å². The molecule has 0 spiro atoms. The van der Waals surface area contributed by atoms with Crippen LogP contribution in [0.1, 0.15) is 15.2 Å². The minimum atomic E-state index is -0.455. The van der Waals surface area contributed by atoms with Crippen LogP contribution < -0.4 is 10.1 Å². The molecule has 0 unspecified atom stereocenters. The van der Waals surface area contributed by atoms with Crippen LogP contribution in [-0.4, -0.2) is 23.4 Å². The Morgan fingerprint density at radius 3 is 3.05 bits per heavy atom. The lowest BCUT2D eigenvalue weighted by atomic mass is 10.2. The van der Waals surface area contributed by atoms with E-state index in [0.717, 1.165) is 17.5 Å². The third-order valence-electron chi connectivity index (χ3n) is 2.23. The third kappa shape index (κ3) is 3.18. The molecule has 0 atom stereocenters. The molecule has 2 aromatic rings. The van der Waals surface area contributed by atoms with Gasteiger partial charge in [-0.25, -0.2) is 14.4 Å². The summed E-state index contributed by atoms with van der Waals surface area (Å²) in [7, 11) is 1.45. The molecule has 0 radical (unpaired) electrons. The van der Waals surface area contributed by atoms with Gasteiger partial charge in [-0.2, -0.15) is 0 Å². The molecule has 0 aliphatic carbocycles. The number of anilines is 1. The van der Waals surface area contributed by atoms with Gasteiger partial charge in [-0.15, -0.1) is 0 Å². The first-order valence-electron chi connectivity index (χ1n) is 5.18. The fourth-order valence-electron chi connectivity index (χ4n) is 1.41. The predicted octanol–water partition coefficient (Wildman–Crippen LogP) is 2.76. The number of aromatic nitrogens is 2. The van der Waals surface area contributed by atoms with Crippen LogP contribution in [0.3, 0.4) is 0 Å². The summed E-state index contributed by atoms with van der Waals surface area (Å²) >= 11 is 6.86. The number of nitrogens with one attached hydrogen (secondary N) is 1. The number of carbonyl (C=O) groups excluding carboxylic acids is 1. The monoisotopic (exact) mass is 301 g/mol. The second kappa shape index (κ2) is 5.94. The summed E-state index contributed by atoms with van der Waals surface area (Å²) in [6.07, 6.45) is 1.71. The number of halogens is 2. The summed E-state index contributed by atoms with van der Waals surface area (Å²) in [4.78, 5) is 18.8. The smallest absolute Gasteiger partial charge is 0.218 e. The molecule has 0 amide bonds. The Labute approximate surface area is 117 Å². The molecule has 0 aliphatic rings. The molecule has 2 rings (SSSR count). The van der Waals surface area contributed by atoms with E-state index in [4.69, 9.17) is 16.3 Å². The Morgan fingerprint density at radius 2 is 2.42 bits per heavy atom. The van der Waals surface area contributed by atoms with E-state index in [1.807, 2.05) is 0 Å². The molecule has 5 nitrogen and oxygen atoms in total. The number of aldehydes is 1. The van der Waals surface area contributed by atoms with Gasteiger partial charge in [0.05, 0.1) is 13.3 Å². The van der Waals surface area contributed by atoms with Crippen LogP contribution >= 0.6 is 22.9 Å². The van der Waals surface area contributed by atoms with Gasteiger partial charge in [-0.3, -0.25) is 4.79 Å². The topological polar surface area (TPSA) is 64.1 Å². The normalized spacial score (nSPS) is 10.3. The molecule has 0 saturated carbocycles. The molecule has 2 heterocycles. The lowest BCUT2D eigenvalue weighted by Gasteiger charge is -2.07. The van der Waals surface area contributed by atoms with Crippen molar-refractivity contribution in [1.82, 2.24) is 9.97 Å². The predicted molar refractivity (Wildman–Crippen MR) is 70.6 cm³/mol. The standard InChI is InChI=1S/C11H9ClFN3O2S/c1-18-10-6(2-7(13)4-14-10)3-15-11-16-9(12)8(5-17)19-11/h2,4-5H,3H2,1H3,(H,15,16). The number of pyridine rings is 1. The number of ether oxygens (including phenoxy) is 1. The van der Waals surface area contributed by atoms with Crippen molar-refractivity contribution < 1.29 is 13.9 Å². The van der Waals surface area contributed by atoms with Crippen LogP contribution in [0.4, 0.5) is 9.52 Å². The van der Waals surface area contributed by atoms with Gasteiger partial charge >= 0.3 is 0 Å². The Balaban J connectivity index is 2.13. The Kier molecular flexibility index (Phi) is 4.28. The summed E-state index contributed by atoms with van der Waals surface area (Å²) in [5.74, 6) is -0.129. The lowest BCUT2D eigenvalue weighted by molar-refractivity contribution is 0.112. The molecular weight excluding hydrogens is 293 g/mol. The first-order valence-corrected chi connectivity index (χ1v) is 6.37. The molecule has 1 N–H and O–H groups in total. The molecule has 8 heteroatoms. The van der Waals surface area contributed by atoms with Crippen molar-refractivity contribution in [2.45, 2.75) is 6.54 Å². The molecule has 2 aromatic heterocycles. The average Bonchev–Trinajstić information content (AvgIpc) is 2.77. The maximum Gasteiger partial charge on any atom is 0.218 e. The highest BCUT2D eigenvalue weighted by Gasteiger charge is 2.10. The second-order valence-corrected chi connectivity index (χ2v) is 4.86. The number of thiazole rings is 1. The van der Waals surface area contributed by atoms with E-state index in [-0.39, 0.29) is 11.7 Å². The van der Waals surface area contributed by atoms with Crippen molar-refractivity contribution in [2.75, 3.05) is 12.4 Å². The van der Waals surface area contributed by atoms with Crippen molar-refractivity contribution in [3.8, 4) is 5.88 Å². The maximum absolute atomic E-state index is 13.1.